The number of nitriles is 1. The number of fused-ring (bicyclic) bond motifs is 1. The molecule has 17 heavy (non-hydrogen) atoms. The van der Waals surface area contributed by atoms with Crippen LogP contribution in [-0.4, -0.2) is 26.0 Å². The molecule has 1 N–H and O–H groups in total. The van der Waals surface area contributed by atoms with Gasteiger partial charge in [-0.15, -0.1) is 0 Å². The van der Waals surface area contributed by atoms with Crippen LogP contribution in [0.3, 0.4) is 0 Å². The number of hydrogen-bond acceptors (Lipinski definition) is 6. The number of rotatable bonds is 2. The van der Waals surface area contributed by atoms with Crippen LogP contribution in [0, 0.1) is 18.3 Å². The van der Waals surface area contributed by atoms with Gasteiger partial charge in [-0.1, -0.05) is 5.16 Å². The maximum Gasteiger partial charge on any atom is 0.357 e. The summed E-state index contributed by atoms with van der Waals surface area (Å²) in [5, 5.41) is 24.6. The van der Waals surface area contributed by atoms with Crippen molar-refractivity contribution >= 4 is 16.9 Å². The van der Waals surface area contributed by atoms with Crippen LogP contribution in [0.2, 0.25) is 0 Å². The van der Waals surface area contributed by atoms with Crippen molar-refractivity contribution in [3.63, 3.8) is 0 Å². The van der Waals surface area contributed by atoms with E-state index in [9.17, 15) is 9.59 Å². The van der Waals surface area contributed by atoms with Gasteiger partial charge in [-0.2, -0.15) is 10.4 Å². The molecule has 0 fully saturated rings. The number of nitrogens with zero attached hydrogens (tertiary/aromatic N) is 4. The zero-order valence-electron chi connectivity index (χ0n) is 8.67. The van der Waals surface area contributed by atoms with Gasteiger partial charge in [0.05, 0.1) is 11.5 Å². The summed E-state index contributed by atoms with van der Waals surface area (Å²) in [5.41, 5.74) is -1.14. The third-order valence-corrected chi connectivity index (χ3v) is 2.18. The highest BCUT2D eigenvalue weighted by molar-refractivity contribution is 6.00. The SMILES string of the molecule is Cc1onc2c(=O)n(CC#N)nc(C(=O)O)c12. The van der Waals surface area contributed by atoms with Crippen LogP contribution >= 0.6 is 0 Å². The molecule has 8 nitrogen and oxygen atoms in total. The van der Waals surface area contributed by atoms with Crippen molar-refractivity contribution in [2.75, 3.05) is 0 Å². The van der Waals surface area contributed by atoms with E-state index < -0.39 is 11.5 Å². The molecule has 0 aliphatic carbocycles. The van der Waals surface area contributed by atoms with Gasteiger partial charge >= 0.3 is 5.97 Å². The Hall–Kier alpha value is -2.69. The molecule has 0 amide bonds. The van der Waals surface area contributed by atoms with Crippen LogP contribution in [0.15, 0.2) is 9.32 Å². The molecule has 0 atom stereocenters. The summed E-state index contributed by atoms with van der Waals surface area (Å²) < 4.78 is 5.51. The van der Waals surface area contributed by atoms with Gasteiger partial charge < -0.3 is 9.63 Å². The average Bonchev–Trinajstić information content (AvgIpc) is 2.65. The third kappa shape index (κ3) is 1.53. The standard InChI is InChI=1S/C9H6N4O4/c1-4-5-6(12-17-4)8(14)13(3-2-10)11-7(5)9(15)16/h3H2,1H3,(H,15,16). The first-order valence-corrected chi connectivity index (χ1v) is 4.53. The number of carboxylic acids is 1. The van der Waals surface area contributed by atoms with E-state index in [-0.39, 0.29) is 28.9 Å². The van der Waals surface area contributed by atoms with Crippen LogP contribution in [0.4, 0.5) is 0 Å². The highest BCUT2D eigenvalue weighted by Gasteiger charge is 2.21. The molecule has 2 aromatic heterocycles. The van der Waals surface area contributed by atoms with Crippen LogP contribution in [0.25, 0.3) is 10.9 Å². The Morgan fingerprint density at radius 1 is 1.65 bits per heavy atom. The van der Waals surface area contributed by atoms with Crippen LogP contribution in [-0.2, 0) is 6.54 Å². The number of hydrogen-bond donors (Lipinski definition) is 1. The van der Waals surface area contributed by atoms with Gasteiger partial charge in [-0.25, -0.2) is 9.48 Å². The van der Waals surface area contributed by atoms with Crippen LogP contribution in [0.1, 0.15) is 16.2 Å². The fraction of sp³-hybridized carbons (Fsp3) is 0.222. The minimum atomic E-state index is -1.31. The molecular formula is C9H6N4O4. The second-order valence-corrected chi connectivity index (χ2v) is 3.24. The van der Waals surface area contributed by atoms with Crippen molar-refractivity contribution in [3.05, 3.63) is 21.8 Å². The van der Waals surface area contributed by atoms with Gasteiger partial charge in [0, 0.05) is 0 Å². The lowest BCUT2D eigenvalue weighted by molar-refractivity contribution is 0.0690. The monoisotopic (exact) mass is 234 g/mol. The number of aromatic carboxylic acids is 1. The van der Waals surface area contributed by atoms with E-state index in [0.29, 0.717) is 0 Å². The van der Waals surface area contributed by atoms with Gasteiger partial charge in [0.1, 0.15) is 12.3 Å². The largest absolute Gasteiger partial charge is 0.476 e. The summed E-state index contributed by atoms with van der Waals surface area (Å²) in [6.07, 6.45) is 0. The molecule has 0 unspecified atom stereocenters. The molecule has 2 aromatic rings. The van der Waals surface area contributed by atoms with Gasteiger partial charge in [0.25, 0.3) is 5.56 Å². The average molecular weight is 234 g/mol. The van der Waals surface area contributed by atoms with E-state index in [2.05, 4.69) is 10.3 Å². The third-order valence-electron chi connectivity index (χ3n) is 2.18. The highest BCUT2D eigenvalue weighted by atomic mass is 16.5. The molecule has 0 saturated carbocycles. The maximum absolute atomic E-state index is 11.7. The Bertz CT molecular complexity index is 706. The lowest BCUT2D eigenvalue weighted by atomic mass is 10.2. The molecule has 0 saturated heterocycles. The Morgan fingerprint density at radius 2 is 2.35 bits per heavy atom. The van der Waals surface area contributed by atoms with E-state index >= 15 is 0 Å². The van der Waals surface area contributed by atoms with Crippen molar-refractivity contribution in [3.8, 4) is 6.07 Å². The van der Waals surface area contributed by atoms with Gasteiger partial charge in [-0.3, -0.25) is 4.79 Å². The minimum absolute atomic E-state index is 0.0664. The zero-order valence-corrected chi connectivity index (χ0v) is 8.67. The molecule has 2 rings (SSSR count). The number of carboxylic acid groups (broad SMARTS) is 1. The summed E-state index contributed by atoms with van der Waals surface area (Å²) >= 11 is 0. The Morgan fingerprint density at radius 3 is 2.94 bits per heavy atom. The minimum Gasteiger partial charge on any atom is -0.476 e. The Labute approximate surface area is 93.7 Å². The lowest BCUT2D eigenvalue weighted by Gasteiger charge is -2.01. The first-order chi connectivity index (χ1) is 8.06. The van der Waals surface area contributed by atoms with Gasteiger partial charge in [0.2, 0.25) is 0 Å². The van der Waals surface area contributed by atoms with Crippen molar-refractivity contribution in [1.82, 2.24) is 14.9 Å². The predicted molar refractivity (Wildman–Crippen MR) is 53.4 cm³/mol. The Kier molecular flexibility index (Phi) is 2.36. The molecule has 2 heterocycles. The smallest absolute Gasteiger partial charge is 0.357 e. The second-order valence-electron chi connectivity index (χ2n) is 3.24. The topological polar surface area (TPSA) is 122 Å². The van der Waals surface area contributed by atoms with Gasteiger partial charge in [-0.05, 0) is 6.92 Å². The van der Waals surface area contributed by atoms with E-state index in [1.165, 1.54) is 6.92 Å². The number of aryl methyl sites for hydroxylation is 1. The van der Waals surface area contributed by atoms with E-state index in [1.54, 1.807) is 6.07 Å². The highest BCUT2D eigenvalue weighted by Crippen LogP contribution is 2.17. The summed E-state index contributed by atoms with van der Waals surface area (Å²) in [7, 11) is 0. The summed E-state index contributed by atoms with van der Waals surface area (Å²) in [6.45, 7) is 1.14. The Balaban J connectivity index is 2.93. The van der Waals surface area contributed by atoms with Crippen molar-refractivity contribution in [2.24, 2.45) is 0 Å². The summed E-state index contributed by atoms with van der Waals surface area (Å²) in [4.78, 5) is 22.7. The van der Waals surface area contributed by atoms with Crippen molar-refractivity contribution in [1.29, 1.82) is 5.26 Å². The normalized spacial score (nSPS) is 10.4. The van der Waals surface area contributed by atoms with E-state index in [0.717, 1.165) is 4.68 Å². The molecule has 0 aromatic carbocycles. The number of aromatic nitrogens is 3. The molecule has 8 heteroatoms. The van der Waals surface area contributed by atoms with Crippen molar-refractivity contribution < 1.29 is 14.4 Å². The van der Waals surface area contributed by atoms with Crippen molar-refractivity contribution in [2.45, 2.75) is 13.5 Å². The maximum atomic E-state index is 11.7. The first-order valence-electron chi connectivity index (χ1n) is 4.53. The van der Waals surface area contributed by atoms with Gasteiger partial charge in [0.15, 0.2) is 11.2 Å². The molecule has 86 valence electrons. The fourth-order valence-electron chi connectivity index (χ4n) is 1.46. The summed E-state index contributed by atoms with van der Waals surface area (Å²) in [6, 6.07) is 1.71. The zero-order chi connectivity index (χ0) is 12.6. The lowest BCUT2D eigenvalue weighted by Crippen LogP contribution is -2.25. The molecular weight excluding hydrogens is 228 g/mol. The quantitative estimate of drug-likeness (QED) is 0.770. The molecule has 0 spiro atoms. The number of carbonyl (C=O) groups is 1. The van der Waals surface area contributed by atoms with Crippen LogP contribution < -0.4 is 5.56 Å². The molecule has 0 aliphatic heterocycles. The van der Waals surface area contributed by atoms with Crippen LogP contribution in [0.5, 0.6) is 0 Å². The molecule has 0 aliphatic rings. The molecule has 0 bridgehead atoms. The molecule has 0 radical (unpaired) electrons. The second kappa shape index (κ2) is 3.71. The first kappa shape index (κ1) is 10.8. The van der Waals surface area contributed by atoms with E-state index in [1.807, 2.05) is 0 Å². The fourth-order valence-corrected chi connectivity index (χ4v) is 1.46. The van der Waals surface area contributed by atoms with E-state index in [4.69, 9.17) is 14.9 Å². The summed E-state index contributed by atoms with van der Waals surface area (Å²) in [5.74, 6) is -1.11. The predicted octanol–water partition coefficient (Wildman–Crippen LogP) is -0.0853.